The number of rotatable bonds is 6. The van der Waals surface area contributed by atoms with E-state index < -0.39 is 0 Å². The van der Waals surface area contributed by atoms with Gasteiger partial charge in [0.15, 0.2) is 0 Å². The number of nitrogens with one attached hydrogen (secondary N) is 1. The highest BCUT2D eigenvalue weighted by Gasteiger charge is 2.15. The molecule has 0 saturated heterocycles. The second-order valence-corrected chi connectivity index (χ2v) is 5.45. The minimum atomic E-state index is -0.1000. The number of amides is 1. The van der Waals surface area contributed by atoms with Crippen LogP contribution in [0.25, 0.3) is 0 Å². The van der Waals surface area contributed by atoms with Crippen LogP contribution in [0.1, 0.15) is 32.3 Å². The number of phenolic OH excluding ortho intramolecular Hbond substituents is 1. The van der Waals surface area contributed by atoms with Crippen molar-refractivity contribution in [3.05, 3.63) is 23.8 Å². The number of benzene rings is 1. The quantitative estimate of drug-likeness (QED) is 0.691. The molecule has 0 spiro atoms. The SMILES string of the molecule is Cc1cccc(NC(=O)CC(CN)CC(C)C)c1O. The molecule has 1 aromatic rings. The molecule has 4 N–H and O–H groups in total. The third-order valence-electron chi connectivity index (χ3n) is 3.12. The summed E-state index contributed by atoms with van der Waals surface area (Å²) in [5.41, 5.74) is 6.90. The number of aryl methyl sites for hydroxylation is 1. The smallest absolute Gasteiger partial charge is 0.224 e. The fourth-order valence-corrected chi connectivity index (χ4v) is 2.15. The average molecular weight is 264 g/mol. The van der Waals surface area contributed by atoms with E-state index >= 15 is 0 Å². The average Bonchev–Trinajstić information content (AvgIpc) is 2.33. The van der Waals surface area contributed by atoms with Crippen LogP contribution in [-0.4, -0.2) is 17.6 Å². The summed E-state index contributed by atoms with van der Waals surface area (Å²) in [6, 6.07) is 5.30. The van der Waals surface area contributed by atoms with Gasteiger partial charge >= 0.3 is 0 Å². The number of phenols is 1. The molecule has 0 aliphatic carbocycles. The number of aromatic hydroxyl groups is 1. The van der Waals surface area contributed by atoms with Gasteiger partial charge in [-0.15, -0.1) is 0 Å². The van der Waals surface area contributed by atoms with Gasteiger partial charge in [-0.3, -0.25) is 4.79 Å². The van der Waals surface area contributed by atoms with Crippen LogP contribution in [0, 0.1) is 18.8 Å². The predicted molar refractivity (Wildman–Crippen MR) is 78.1 cm³/mol. The first-order valence-corrected chi connectivity index (χ1v) is 6.72. The molecule has 106 valence electrons. The zero-order valence-corrected chi connectivity index (χ0v) is 11.9. The molecule has 4 heteroatoms. The standard InChI is InChI=1S/C15H24N2O2/c1-10(2)7-12(9-16)8-14(18)17-13-6-4-5-11(3)15(13)19/h4-6,10,12,19H,7-9,16H2,1-3H3,(H,17,18). The second kappa shape index (κ2) is 7.14. The highest BCUT2D eigenvalue weighted by Crippen LogP contribution is 2.27. The number of para-hydroxylation sites is 1. The van der Waals surface area contributed by atoms with Crippen molar-refractivity contribution >= 4 is 11.6 Å². The van der Waals surface area contributed by atoms with E-state index in [1.54, 1.807) is 25.1 Å². The molecule has 1 unspecified atom stereocenters. The Labute approximate surface area is 115 Å². The van der Waals surface area contributed by atoms with E-state index in [0.29, 0.717) is 24.6 Å². The Morgan fingerprint density at radius 2 is 2.11 bits per heavy atom. The molecule has 0 aliphatic rings. The van der Waals surface area contributed by atoms with Crippen LogP contribution < -0.4 is 11.1 Å². The summed E-state index contributed by atoms with van der Waals surface area (Å²) < 4.78 is 0. The molecule has 0 bridgehead atoms. The Balaban J connectivity index is 2.62. The van der Waals surface area contributed by atoms with E-state index in [-0.39, 0.29) is 17.6 Å². The number of anilines is 1. The van der Waals surface area contributed by atoms with Crippen molar-refractivity contribution in [1.29, 1.82) is 0 Å². The zero-order chi connectivity index (χ0) is 14.4. The van der Waals surface area contributed by atoms with Crippen molar-refractivity contribution in [1.82, 2.24) is 0 Å². The lowest BCUT2D eigenvalue weighted by Gasteiger charge is -2.17. The molecular weight excluding hydrogens is 240 g/mol. The number of carbonyl (C=O) groups excluding carboxylic acids is 1. The maximum atomic E-state index is 11.9. The molecule has 1 amide bonds. The van der Waals surface area contributed by atoms with Gasteiger partial charge < -0.3 is 16.2 Å². The van der Waals surface area contributed by atoms with Crippen LogP contribution in [0.2, 0.25) is 0 Å². The van der Waals surface area contributed by atoms with Gasteiger partial charge in [0.05, 0.1) is 5.69 Å². The molecule has 1 aromatic carbocycles. The first-order chi connectivity index (χ1) is 8.93. The highest BCUT2D eigenvalue weighted by molar-refractivity contribution is 5.92. The molecule has 0 fully saturated rings. The van der Waals surface area contributed by atoms with Crippen LogP contribution >= 0.6 is 0 Å². The lowest BCUT2D eigenvalue weighted by Crippen LogP contribution is -2.23. The third-order valence-corrected chi connectivity index (χ3v) is 3.12. The van der Waals surface area contributed by atoms with E-state index in [9.17, 15) is 9.90 Å². The number of nitrogens with two attached hydrogens (primary N) is 1. The molecule has 0 aliphatic heterocycles. The van der Waals surface area contributed by atoms with Gasteiger partial charge in [-0.25, -0.2) is 0 Å². The molecule has 0 aromatic heterocycles. The van der Waals surface area contributed by atoms with Crippen LogP contribution in [0.15, 0.2) is 18.2 Å². The predicted octanol–water partition coefficient (Wildman–Crippen LogP) is 2.65. The Morgan fingerprint density at radius 1 is 1.42 bits per heavy atom. The van der Waals surface area contributed by atoms with E-state index in [1.807, 2.05) is 0 Å². The number of hydrogen-bond acceptors (Lipinski definition) is 3. The largest absolute Gasteiger partial charge is 0.505 e. The summed E-state index contributed by atoms with van der Waals surface area (Å²) in [5, 5.41) is 12.6. The minimum Gasteiger partial charge on any atom is -0.505 e. The number of hydrogen-bond donors (Lipinski definition) is 3. The number of carbonyl (C=O) groups is 1. The Hall–Kier alpha value is -1.55. The van der Waals surface area contributed by atoms with Crippen molar-refractivity contribution in [2.75, 3.05) is 11.9 Å². The van der Waals surface area contributed by atoms with Gasteiger partial charge in [0.1, 0.15) is 5.75 Å². The minimum absolute atomic E-state index is 0.1000. The first-order valence-electron chi connectivity index (χ1n) is 6.72. The molecule has 0 heterocycles. The normalized spacial score (nSPS) is 12.5. The van der Waals surface area contributed by atoms with E-state index in [2.05, 4.69) is 19.2 Å². The maximum Gasteiger partial charge on any atom is 0.224 e. The van der Waals surface area contributed by atoms with Crippen LogP contribution in [0.4, 0.5) is 5.69 Å². The molecule has 4 nitrogen and oxygen atoms in total. The first kappa shape index (κ1) is 15.5. The zero-order valence-electron chi connectivity index (χ0n) is 11.9. The highest BCUT2D eigenvalue weighted by atomic mass is 16.3. The van der Waals surface area contributed by atoms with Gasteiger partial charge in [0, 0.05) is 6.42 Å². The lowest BCUT2D eigenvalue weighted by molar-refractivity contribution is -0.117. The van der Waals surface area contributed by atoms with Gasteiger partial charge in [0.2, 0.25) is 5.91 Å². The topological polar surface area (TPSA) is 75.4 Å². The Kier molecular flexibility index (Phi) is 5.83. The van der Waals surface area contributed by atoms with Gasteiger partial charge in [0.25, 0.3) is 0 Å². The van der Waals surface area contributed by atoms with Gasteiger partial charge in [-0.1, -0.05) is 26.0 Å². The molecule has 19 heavy (non-hydrogen) atoms. The Bertz CT molecular complexity index is 430. The van der Waals surface area contributed by atoms with Crippen molar-refractivity contribution < 1.29 is 9.90 Å². The fourth-order valence-electron chi connectivity index (χ4n) is 2.15. The lowest BCUT2D eigenvalue weighted by atomic mass is 9.94. The van der Waals surface area contributed by atoms with E-state index in [4.69, 9.17) is 5.73 Å². The van der Waals surface area contributed by atoms with Crippen LogP contribution in [0.5, 0.6) is 5.75 Å². The summed E-state index contributed by atoms with van der Waals surface area (Å²) in [5.74, 6) is 0.738. The van der Waals surface area contributed by atoms with Crippen molar-refractivity contribution in [2.45, 2.75) is 33.6 Å². The van der Waals surface area contributed by atoms with Crippen molar-refractivity contribution in [2.24, 2.45) is 17.6 Å². The van der Waals surface area contributed by atoms with Crippen molar-refractivity contribution in [3.8, 4) is 5.75 Å². The summed E-state index contributed by atoms with van der Waals surface area (Å²) in [6.07, 6.45) is 1.33. The van der Waals surface area contributed by atoms with Gasteiger partial charge in [-0.05, 0) is 43.4 Å². The van der Waals surface area contributed by atoms with Gasteiger partial charge in [-0.2, -0.15) is 0 Å². The van der Waals surface area contributed by atoms with Crippen LogP contribution in [0.3, 0.4) is 0 Å². The van der Waals surface area contributed by atoms with E-state index in [0.717, 1.165) is 12.0 Å². The Morgan fingerprint density at radius 3 is 2.68 bits per heavy atom. The fraction of sp³-hybridized carbons (Fsp3) is 0.533. The maximum absolute atomic E-state index is 11.9. The molecular formula is C15H24N2O2. The molecule has 1 atom stereocenters. The summed E-state index contributed by atoms with van der Waals surface area (Å²) in [4.78, 5) is 11.9. The molecule has 0 radical (unpaired) electrons. The van der Waals surface area contributed by atoms with Crippen LogP contribution in [-0.2, 0) is 4.79 Å². The molecule has 1 rings (SSSR count). The summed E-state index contributed by atoms with van der Waals surface area (Å²) in [6.45, 7) is 6.54. The van der Waals surface area contributed by atoms with Crippen molar-refractivity contribution in [3.63, 3.8) is 0 Å². The summed E-state index contributed by atoms with van der Waals surface area (Å²) >= 11 is 0. The second-order valence-electron chi connectivity index (χ2n) is 5.45. The monoisotopic (exact) mass is 264 g/mol. The molecule has 0 saturated carbocycles. The van der Waals surface area contributed by atoms with E-state index in [1.165, 1.54) is 0 Å². The summed E-state index contributed by atoms with van der Waals surface area (Å²) in [7, 11) is 0. The third kappa shape index (κ3) is 4.91.